The third-order valence-electron chi connectivity index (χ3n) is 3.03. The molecule has 2 aromatic rings. The third-order valence-corrected chi connectivity index (χ3v) is 4.00. The Morgan fingerprint density at radius 2 is 2.05 bits per heavy atom. The van der Waals surface area contributed by atoms with Crippen LogP contribution >= 0.6 is 11.3 Å². The molecule has 0 aliphatic heterocycles. The molecule has 0 radical (unpaired) electrons. The average molecular weight is 305 g/mol. The number of aliphatic hydroxyl groups is 1. The van der Waals surface area contributed by atoms with Crippen molar-refractivity contribution in [3.8, 4) is 0 Å². The Morgan fingerprint density at radius 1 is 1.29 bits per heavy atom. The first-order chi connectivity index (χ1) is 10.1. The quantitative estimate of drug-likeness (QED) is 0.859. The highest BCUT2D eigenvalue weighted by molar-refractivity contribution is 7.10. The molecule has 4 nitrogen and oxygen atoms in total. The fourth-order valence-corrected chi connectivity index (χ4v) is 2.68. The zero-order chi connectivity index (χ0) is 15.1. The zero-order valence-electron chi connectivity index (χ0n) is 11.9. The van der Waals surface area contributed by atoms with Gasteiger partial charge < -0.3 is 15.2 Å². The first-order valence-corrected chi connectivity index (χ1v) is 7.72. The maximum absolute atomic E-state index is 11.7. The summed E-state index contributed by atoms with van der Waals surface area (Å²) >= 11 is 1.51. The van der Waals surface area contributed by atoms with Gasteiger partial charge >= 0.3 is 6.09 Å². The number of alkyl carbamates (subject to hydrolysis) is 1. The van der Waals surface area contributed by atoms with Crippen molar-refractivity contribution in [3.05, 3.63) is 58.3 Å². The van der Waals surface area contributed by atoms with Crippen molar-refractivity contribution in [2.75, 3.05) is 0 Å². The number of ether oxygens (including phenoxy) is 1. The maximum atomic E-state index is 11.7. The lowest BCUT2D eigenvalue weighted by Crippen LogP contribution is -2.34. The van der Waals surface area contributed by atoms with Crippen molar-refractivity contribution in [1.82, 2.24) is 5.32 Å². The third kappa shape index (κ3) is 5.21. The van der Waals surface area contributed by atoms with Crippen LogP contribution < -0.4 is 5.32 Å². The number of nitrogens with one attached hydrogen (secondary N) is 1. The Kier molecular flexibility index (Phi) is 5.78. The van der Waals surface area contributed by atoms with Crippen LogP contribution in [0.3, 0.4) is 0 Å². The smallest absolute Gasteiger partial charge is 0.407 e. The predicted molar refractivity (Wildman–Crippen MR) is 83.1 cm³/mol. The molecule has 2 atom stereocenters. The molecule has 0 fully saturated rings. The van der Waals surface area contributed by atoms with E-state index in [1.54, 1.807) is 0 Å². The van der Waals surface area contributed by atoms with Crippen LogP contribution in [0, 0.1) is 0 Å². The number of carbonyl (C=O) groups excluding carboxylic acids is 1. The van der Waals surface area contributed by atoms with Gasteiger partial charge in [-0.2, -0.15) is 0 Å². The fourth-order valence-electron chi connectivity index (χ4n) is 1.96. The molecule has 1 heterocycles. The monoisotopic (exact) mass is 305 g/mol. The summed E-state index contributed by atoms with van der Waals surface area (Å²) in [6, 6.07) is 13.1. The summed E-state index contributed by atoms with van der Waals surface area (Å²) in [5, 5.41) is 14.7. The van der Waals surface area contributed by atoms with E-state index in [9.17, 15) is 9.90 Å². The molecule has 21 heavy (non-hydrogen) atoms. The van der Waals surface area contributed by atoms with Crippen LogP contribution in [0.4, 0.5) is 4.79 Å². The van der Waals surface area contributed by atoms with Crippen molar-refractivity contribution >= 4 is 17.4 Å². The van der Waals surface area contributed by atoms with Crippen molar-refractivity contribution < 1.29 is 14.6 Å². The van der Waals surface area contributed by atoms with E-state index >= 15 is 0 Å². The SMILES string of the molecule is CC(CC(O)c1cccs1)NC(=O)OCc1ccccc1. The number of aliphatic hydroxyl groups excluding tert-OH is 1. The number of carbonyl (C=O) groups is 1. The summed E-state index contributed by atoms with van der Waals surface area (Å²) in [7, 11) is 0. The number of amides is 1. The molecule has 1 aromatic heterocycles. The van der Waals surface area contributed by atoms with Crippen LogP contribution in [0.15, 0.2) is 47.8 Å². The number of hydrogen-bond acceptors (Lipinski definition) is 4. The van der Waals surface area contributed by atoms with E-state index in [2.05, 4.69) is 5.32 Å². The number of thiophene rings is 1. The summed E-state index contributed by atoms with van der Waals surface area (Å²) in [5.74, 6) is 0. The standard InChI is InChI=1S/C16H19NO3S/c1-12(10-14(18)15-8-5-9-21-15)17-16(19)20-11-13-6-3-2-4-7-13/h2-9,12,14,18H,10-11H2,1H3,(H,17,19). The van der Waals surface area contributed by atoms with Gasteiger partial charge in [0.05, 0.1) is 6.10 Å². The van der Waals surface area contributed by atoms with E-state index in [1.165, 1.54) is 11.3 Å². The lowest BCUT2D eigenvalue weighted by atomic mass is 10.1. The molecule has 1 amide bonds. The molecular weight excluding hydrogens is 286 g/mol. The van der Waals surface area contributed by atoms with Crippen molar-refractivity contribution in [2.24, 2.45) is 0 Å². The van der Waals surface area contributed by atoms with Crippen LogP contribution in [0.1, 0.15) is 29.9 Å². The molecule has 0 bridgehead atoms. The number of benzene rings is 1. The van der Waals surface area contributed by atoms with E-state index in [-0.39, 0.29) is 12.6 Å². The number of hydrogen-bond donors (Lipinski definition) is 2. The van der Waals surface area contributed by atoms with E-state index < -0.39 is 12.2 Å². The zero-order valence-corrected chi connectivity index (χ0v) is 12.7. The largest absolute Gasteiger partial charge is 0.445 e. The molecule has 0 saturated carbocycles. The summed E-state index contributed by atoms with van der Waals surface area (Å²) in [5.41, 5.74) is 0.943. The lowest BCUT2D eigenvalue weighted by Gasteiger charge is -2.17. The Hall–Kier alpha value is -1.85. The van der Waals surface area contributed by atoms with Crippen molar-refractivity contribution in [1.29, 1.82) is 0 Å². The van der Waals surface area contributed by atoms with E-state index in [4.69, 9.17) is 4.74 Å². The Bertz CT molecular complexity index is 542. The second kappa shape index (κ2) is 7.81. The van der Waals surface area contributed by atoms with E-state index in [0.29, 0.717) is 6.42 Å². The van der Waals surface area contributed by atoms with Crippen molar-refractivity contribution in [2.45, 2.75) is 32.1 Å². The highest BCUT2D eigenvalue weighted by Gasteiger charge is 2.15. The van der Waals surface area contributed by atoms with Gasteiger partial charge in [0.2, 0.25) is 0 Å². The van der Waals surface area contributed by atoms with Crippen molar-refractivity contribution in [3.63, 3.8) is 0 Å². The first kappa shape index (κ1) is 15.5. The molecule has 0 aliphatic carbocycles. The summed E-state index contributed by atoms with van der Waals surface area (Å²) in [4.78, 5) is 12.6. The normalized spacial score (nSPS) is 13.4. The van der Waals surface area contributed by atoms with Gasteiger partial charge in [-0.3, -0.25) is 0 Å². The molecule has 2 rings (SSSR count). The van der Waals surface area contributed by atoms with E-state index in [0.717, 1.165) is 10.4 Å². The molecule has 0 spiro atoms. The topological polar surface area (TPSA) is 58.6 Å². The summed E-state index contributed by atoms with van der Waals surface area (Å²) in [6.07, 6.45) is -0.569. The molecule has 0 saturated heterocycles. The Balaban J connectivity index is 1.72. The highest BCUT2D eigenvalue weighted by atomic mass is 32.1. The van der Waals surface area contributed by atoms with Crippen LogP contribution in [0.25, 0.3) is 0 Å². The van der Waals surface area contributed by atoms with Gasteiger partial charge in [0.1, 0.15) is 6.61 Å². The Morgan fingerprint density at radius 3 is 2.71 bits per heavy atom. The highest BCUT2D eigenvalue weighted by Crippen LogP contribution is 2.22. The van der Waals surface area contributed by atoms with Gasteiger partial charge in [-0.25, -0.2) is 4.79 Å². The van der Waals surface area contributed by atoms with Crippen LogP contribution in [-0.4, -0.2) is 17.2 Å². The fraction of sp³-hybridized carbons (Fsp3) is 0.312. The van der Waals surface area contributed by atoms with Gasteiger partial charge in [0, 0.05) is 10.9 Å². The van der Waals surface area contributed by atoms with E-state index in [1.807, 2.05) is 54.8 Å². The lowest BCUT2D eigenvalue weighted by molar-refractivity contribution is 0.126. The minimum absolute atomic E-state index is 0.162. The van der Waals surface area contributed by atoms with Gasteiger partial charge in [-0.15, -0.1) is 11.3 Å². The minimum atomic E-state index is -0.561. The molecule has 1 aromatic carbocycles. The number of rotatable bonds is 6. The van der Waals surface area contributed by atoms with Crippen LogP contribution in [0.5, 0.6) is 0 Å². The molecule has 5 heteroatoms. The summed E-state index contributed by atoms with van der Waals surface area (Å²) in [6.45, 7) is 2.09. The molecule has 2 N–H and O–H groups in total. The van der Waals surface area contributed by atoms with Crippen LogP contribution in [-0.2, 0) is 11.3 Å². The van der Waals surface area contributed by atoms with Gasteiger partial charge in [0.25, 0.3) is 0 Å². The van der Waals surface area contributed by atoms with Gasteiger partial charge in [-0.1, -0.05) is 36.4 Å². The van der Waals surface area contributed by atoms with Gasteiger partial charge in [0.15, 0.2) is 0 Å². The second-order valence-corrected chi connectivity index (χ2v) is 5.85. The molecule has 2 unspecified atom stereocenters. The minimum Gasteiger partial charge on any atom is -0.445 e. The second-order valence-electron chi connectivity index (χ2n) is 4.87. The molecule has 0 aliphatic rings. The molecular formula is C16H19NO3S. The van der Waals surface area contributed by atoms with Crippen LogP contribution in [0.2, 0.25) is 0 Å². The maximum Gasteiger partial charge on any atom is 0.407 e. The Labute approximate surface area is 128 Å². The first-order valence-electron chi connectivity index (χ1n) is 6.84. The van der Waals surface area contributed by atoms with Gasteiger partial charge in [-0.05, 0) is 30.4 Å². The summed E-state index contributed by atoms with van der Waals surface area (Å²) < 4.78 is 5.14. The molecule has 112 valence electrons. The predicted octanol–water partition coefficient (Wildman–Crippen LogP) is 3.49. The average Bonchev–Trinajstić information content (AvgIpc) is 3.00.